The monoisotopic (exact) mass is 444 g/mol. The first kappa shape index (κ1) is 20.8. The molecular weight excluding hydrogens is 423 g/mol. The molecule has 156 valence electrons. The third kappa shape index (κ3) is 5.16. The summed E-state index contributed by atoms with van der Waals surface area (Å²) in [5.41, 5.74) is 3.52. The van der Waals surface area contributed by atoms with Crippen LogP contribution in [0.1, 0.15) is 20.8 Å². The summed E-state index contributed by atoms with van der Waals surface area (Å²) in [6, 6.07) is 13.5. The van der Waals surface area contributed by atoms with Gasteiger partial charge in [-0.1, -0.05) is 23.7 Å². The van der Waals surface area contributed by atoms with Crippen molar-refractivity contribution in [3.05, 3.63) is 80.9 Å². The van der Waals surface area contributed by atoms with Gasteiger partial charge in [0.1, 0.15) is 11.6 Å². The summed E-state index contributed by atoms with van der Waals surface area (Å²) in [6.45, 7) is 4.80. The highest BCUT2D eigenvalue weighted by Crippen LogP contribution is 2.24. The molecule has 0 saturated carbocycles. The Morgan fingerprint density at radius 1 is 1.07 bits per heavy atom. The van der Waals surface area contributed by atoms with Crippen LogP contribution in [0.4, 0.5) is 10.2 Å². The molecule has 1 N–H and O–H groups in total. The molecule has 8 heteroatoms. The molecule has 3 aromatic rings. The fourth-order valence-corrected chi connectivity index (χ4v) is 4.32. The van der Waals surface area contributed by atoms with Crippen LogP contribution in [-0.2, 0) is 13.1 Å². The molecule has 0 atom stereocenters. The highest BCUT2D eigenvalue weighted by atomic mass is 35.5. The van der Waals surface area contributed by atoms with E-state index in [2.05, 4.69) is 20.1 Å². The van der Waals surface area contributed by atoms with Crippen LogP contribution in [0.5, 0.6) is 0 Å². The Bertz CT molecular complexity index is 985. The van der Waals surface area contributed by atoms with Gasteiger partial charge >= 0.3 is 0 Å². The summed E-state index contributed by atoms with van der Waals surface area (Å²) in [5.74, 6) is 0.607. The molecule has 1 amide bonds. The summed E-state index contributed by atoms with van der Waals surface area (Å²) < 4.78 is 13.1. The molecule has 0 unspecified atom stereocenters. The number of nitrogens with one attached hydrogen (secondary N) is 1. The Morgan fingerprint density at radius 2 is 1.77 bits per heavy atom. The first-order valence-electron chi connectivity index (χ1n) is 9.76. The number of aromatic nitrogens is 1. The minimum Gasteiger partial charge on any atom is -0.353 e. The van der Waals surface area contributed by atoms with Gasteiger partial charge in [-0.15, -0.1) is 11.3 Å². The number of hydrogen-bond donors (Lipinski definition) is 1. The van der Waals surface area contributed by atoms with Crippen LogP contribution in [0.2, 0.25) is 5.02 Å². The van der Waals surface area contributed by atoms with E-state index in [-0.39, 0.29) is 11.7 Å². The number of benzene rings is 2. The van der Waals surface area contributed by atoms with Crippen molar-refractivity contribution in [2.75, 3.05) is 31.1 Å². The Labute approximate surface area is 184 Å². The molecule has 0 aliphatic carbocycles. The zero-order valence-corrected chi connectivity index (χ0v) is 17.9. The lowest BCUT2D eigenvalue weighted by Crippen LogP contribution is -2.46. The lowest BCUT2D eigenvalue weighted by atomic mass is 10.2. The van der Waals surface area contributed by atoms with Crippen molar-refractivity contribution in [3.8, 4) is 0 Å². The molecule has 1 aromatic heterocycles. The second kappa shape index (κ2) is 9.55. The van der Waals surface area contributed by atoms with Crippen LogP contribution in [-0.4, -0.2) is 42.0 Å². The fraction of sp³-hybridized carbons (Fsp3) is 0.273. The standard InChI is InChI=1S/C22H22ClFN4OS/c23-18-5-3-17(4-6-18)22(29)25-13-20-21(26-15-30-20)28-11-9-27(10-12-28)14-16-1-7-19(24)8-2-16/h1-8,15H,9-14H2,(H,25,29). The largest absolute Gasteiger partial charge is 0.353 e. The maximum atomic E-state index is 13.1. The highest BCUT2D eigenvalue weighted by Gasteiger charge is 2.21. The van der Waals surface area contributed by atoms with Gasteiger partial charge in [0.25, 0.3) is 5.91 Å². The molecule has 5 nitrogen and oxygen atoms in total. The molecule has 1 aliphatic heterocycles. The predicted molar refractivity (Wildman–Crippen MR) is 119 cm³/mol. The summed E-state index contributed by atoms with van der Waals surface area (Å²) in [5, 5.41) is 3.57. The van der Waals surface area contributed by atoms with Gasteiger partial charge in [-0.3, -0.25) is 9.69 Å². The molecule has 0 spiro atoms. The molecule has 1 fully saturated rings. The molecule has 30 heavy (non-hydrogen) atoms. The summed E-state index contributed by atoms with van der Waals surface area (Å²) >= 11 is 7.43. The van der Waals surface area contributed by atoms with E-state index in [0.717, 1.165) is 49.0 Å². The number of halogens is 2. The van der Waals surface area contributed by atoms with E-state index in [0.29, 0.717) is 17.1 Å². The van der Waals surface area contributed by atoms with Crippen LogP contribution < -0.4 is 10.2 Å². The average molecular weight is 445 g/mol. The Morgan fingerprint density at radius 3 is 2.47 bits per heavy atom. The third-order valence-corrected chi connectivity index (χ3v) is 6.20. The normalized spacial score (nSPS) is 14.7. The maximum Gasteiger partial charge on any atom is 0.251 e. The van der Waals surface area contributed by atoms with Crippen molar-refractivity contribution in [2.45, 2.75) is 13.1 Å². The number of thiazole rings is 1. The molecule has 0 bridgehead atoms. The Hall–Kier alpha value is -2.48. The van der Waals surface area contributed by atoms with Crippen LogP contribution in [0.3, 0.4) is 0 Å². The van der Waals surface area contributed by atoms with Gasteiger partial charge in [0.15, 0.2) is 0 Å². The maximum absolute atomic E-state index is 13.1. The van der Waals surface area contributed by atoms with Crippen LogP contribution in [0.15, 0.2) is 54.0 Å². The number of carbonyl (C=O) groups is 1. The van der Waals surface area contributed by atoms with Crippen LogP contribution >= 0.6 is 22.9 Å². The van der Waals surface area contributed by atoms with Gasteiger partial charge in [0, 0.05) is 43.3 Å². The topological polar surface area (TPSA) is 48.5 Å². The Balaban J connectivity index is 1.30. The predicted octanol–water partition coefficient (Wildman–Crippen LogP) is 4.19. The number of anilines is 1. The van der Waals surface area contributed by atoms with Gasteiger partial charge in [-0.2, -0.15) is 0 Å². The van der Waals surface area contributed by atoms with E-state index in [1.807, 2.05) is 17.6 Å². The molecule has 2 heterocycles. The van der Waals surface area contributed by atoms with E-state index in [4.69, 9.17) is 11.6 Å². The van der Waals surface area contributed by atoms with Gasteiger partial charge < -0.3 is 10.2 Å². The molecule has 0 radical (unpaired) electrons. The fourth-order valence-electron chi connectivity index (χ4n) is 3.47. The van der Waals surface area contributed by atoms with Gasteiger partial charge in [-0.25, -0.2) is 9.37 Å². The number of nitrogens with zero attached hydrogens (tertiary/aromatic N) is 3. The lowest BCUT2D eigenvalue weighted by molar-refractivity contribution is 0.0951. The first-order valence-corrected chi connectivity index (χ1v) is 11.0. The summed E-state index contributed by atoms with van der Waals surface area (Å²) in [6.07, 6.45) is 0. The minimum absolute atomic E-state index is 0.130. The van der Waals surface area contributed by atoms with Crippen molar-refractivity contribution in [3.63, 3.8) is 0 Å². The third-order valence-electron chi connectivity index (χ3n) is 5.13. The number of rotatable bonds is 6. The van der Waals surface area contributed by atoms with Crippen molar-refractivity contribution < 1.29 is 9.18 Å². The van der Waals surface area contributed by atoms with Crippen molar-refractivity contribution >= 4 is 34.7 Å². The van der Waals surface area contributed by atoms with E-state index in [1.54, 1.807) is 35.6 Å². The SMILES string of the molecule is O=C(NCc1scnc1N1CCN(Cc2ccc(F)cc2)CC1)c1ccc(Cl)cc1. The average Bonchev–Trinajstić information content (AvgIpc) is 3.23. The van der Waals surface area contributed by atoms with Gasteiger partial charge in [-0.05, 0) is 42.0 Å². The first-order chi connectivity index (χ1) is 14.6. The van der Waals surface area contributed by atoms with Gasteiger partial charge in [0.05, 0.1) is 16.9 Å². The second-order valence-electron chi connectivity index (χ2n) is 7.18. The number of hydrogen-bond acceptors (Lipinski definition) is 5. The zero-order valence-electron chi connectivity index (χ0n) is 16.4. The van der Waals surface area contributed by atoms with Crippen LogP contribution in [0.25, 0.3) is 0 Å². The summed E-state index contributed by atoms with van der Waals surface area (Å²) in [4.78, 5) is 22.6. The number of carbonyl (C=O) groups excluding carboxylic acids is 1. The zero-order chi connectivity index (χ0) is 20.9. The molecule has 1 saturated heterocycles. The molecule has 2 aromatic carbocycles. The number of piperazine rings is 1. The quantitative estimate of drug-likeness (QED) is 0.619. The smallest absolute Gasteiger partial charge is 0.251 e. The van der Waals surface area contributed by atoms with E-state index in [9.17, 15) is 9.18 Å². The number of amides is 1. The molecule has 4 rings (SSSR count). The van der Waals surface area contributed by atoms with Crippen molar-refractivity contribution in [1.82, 2.24) is 15.2 Å². The molecular formula is C22H22ClFN4OS. The Kier molecular flexibility index (Phi) is 6.62. The highest BCUT2D eigenvalue weighted by molar-refractivity contribution is 7.10. The van der Waals surface area contributed by atoms with Crippen molar-refractivity contribution in [1.29, 1.82) is 0 Å². The molecule has 1 aliphatic rings. The van der Waals surface area contributed by atoms with Crippen molar-refractivity contribution in [2.24, 2.45) is 0 Å². The van der Waals surface area contributed by atoms with E-state index >= 15 is 0 Å². The second-order valence-corrected chi connectivity index (χ2v) is 8.55. The van der Waals surface area contributed by atoms with Crippen LogP contribution in [0, 0.1) is 5.82 Å². The summed E-state index contributed by atoms with van der Waals surface area (Å²) in [7, 11) is 0. The van der Waals surface area contributed by atoms with Gasteiger partial charge in [0.2, 0.25) is 0 Å². The minimum atomic E-state index is -0.206. The van der Waals surface area contributed by atoms with E-state index in [1.165, 1.54) is 12.1 Å². The lowest BCUT2D eigenvalue weighted by Gasteiger charge is -2.35. The van der Waals surface area contributed by atoms with E-state index < -0.39 is 0 Å².